The van der Waals surface area contributed by atoms with E-state index in [2.05, 4.69) is 15.2 Å². The Kier molecular flexibility index (Phi) is 4.69. The van der Waals surface area contributed by atoms with Gasteiger partial charge in [0.15, 0.2) is 0 Å². The molecule has 1 aliphatic heterocycles. The fourth-order valence-electron chi connectivity index (χ4n) is 3.04. The third-order valence-corrected chi connectivity index (χ3v) is 4.52. The first-order valence-corrected chi connectivity index (χ1v) is 8.09. The van der Waals surface area contributed by atoms with Crippen LogP contribution in [0.3, 0.4) is 0 Å². The van der Waals surface area contributed by atoms with Gasteiger partial charge < -0.3 is 14.7 Å². The number of amides is 1. The van der Waals surface area contributed by atoms with Gasteiger partial charge in [-0.25, -0.2) is 9.78 Å². The fourth-order valence-corrected chi connectivity index (χ4v) is 3.04. The molecule has 1 aliphatic rings. The molecule has 0 atom stereocenters. The first kappa shape index (κ1) is 16.9. The summed E-state index contributed by atoms with van der Waals surface area (Å²) >= 11 is 0. The molecular weight excluding hydrogens is 324 g/mol. The summed E-state index contributed by atoms with van der Waals surface area (Å²) in [6.45, 7) is 3.10. The highest BCUT2D eigenvalue weighted by Gasteiger charge is 2.27. The van der Waals surface area contributed by atoms with E-state index in [1.807, 2.05) is 19.1 Å². The van der Waals surface area contributed by atoms with Crippen molar-refractivity contribution in [3.8, 4) is 5.75 Å². The molecule has 1 saturated heterocycles. The first-order valence-electron chi connectivity index (χ1n) is 8.09. The minimum absolute atomic E-state index is 0.0273. The number of ether oxygens (including phenoxy) is 1. The van der Waals surface area contributed by atoms with E-state index in [1.165, 1.54) is 0 Å². The summed E-state index contributed by atoms with van der Waals surface area (Å²) in [7, 11) is 1.59. The number of carboxylic acids is 1. The maximum absolute atomic E-state index is 12.7. The molecule has 0 radical (unpaired) electrons. The number of likely N-dealkylation sites (tertiary alicyclic amines) is 1. The fraction of sp³-hybridized carbons (Fsp3) is 0.412. The summed E-state index contributed by atoms with van der Waals surface area (Å²) in [5, 5.41) is 15.3. The van der Waals surface area contributed by atoms with Crippen LogP contribution in [0.2, 0.25) is 0 Å². The smallest absolute Gasteiger partial charge is 0.375 e. The molecule has 1 fully saturated rings. The number of rotatable bonds is 4. The quantitative estimate of drug-likeness (QED) is 0.876. The Morgan fingerprint density at radius 2 is 2.04 bits per heavy atom. The zero-order chi connectivity index (χ0) is 18.0. The number of carbonyl (C=O) groups is 2. The van der Waals surface area contributed by atoms with Crippen LogP contribution in [0.4, 0.5) is 0 Å². The van der Waals surface area contributed by atoms with Gasteiger partial charge in [-0.3, -0.25) is 9.89 Å². The number of nitrogens with zero attached hydrogens (tertiary/aromatic N) is 3. The number of aromatic nitrogens is 3. The lowest BCUT2D eigenvalue weighted by Gasteiger charge is -2.31. The number of hydrogen-bond donors (Lipinski definition) is 2. The maximum Gasteiger partial charge on any atom is 0.375 e. The zero-order valence-corrected chi connectivity index (χ0v) is 14.2. The average Bonchev–Trinajstić information content (AvgIpc) is 3.12. The van der Waals surface area contributed by atoms with E-state index in [9.17, 15) is 9.59 Å². The van der Waals surface area contributed by atoms with Crippen LogP contribution >= 0.6 is 0 Å². The lowest BCUT2D eigenvalue weighted by Crippen LogP contribution is -2.38. The summed E-state index contributed by atoms with van der Waals surface area (Å²) in [4.78, 5) is 29.3. The van der Waals surface area contributed by atoms with Gasteiger partial charge in [0.1, 0.15) is 11.6 Å². The van der Waals surface area contributed by atoms with Crippen molar-refractivity contribution in [2.45, 2.75) is 25.7 Å². The van der Waals surface area contributed by atoms with Gasteiger partial charge in [-0.1, -0.05) is 6.07 Å². The van der Waals surface area contributed by atoms with Crippen LogP contribution in [-0.2, 0) is 0 Å². The predicted molar refractivity (Wildman–Crippen MR) is 89.0 cm³/mol. The van der Waals surface area contributed by atoms with Crippen LogP contribution < -0.4 is 4.74 Å². The second-order valence-corrected chi connectivity index (χ2v) is 6.10. The Balaban J connectivity index is 1.65. The SMILES string of the molecule is COc1cc(C(=O)N2CCC(c3nc(C(=O)O)n[nH]3)CC2)ccc1C. The first-order chi connectivity index (χ1) is 12.0. The highest BCUT2D eigenvalue weighted by Crippen LogP contribution is 2.27. The van der Waals surface area contributed by atoms with Crippen LogP contribution in [0.25, 0.3) is 0 Å². The van der Waals surface area contributed by atoms with Crippen molar-refractivity contribution >= 4 is 11.9 Å². The molecule has 8 nitrogen and oxygen atoms in total. The van der Waals surface area contributed by atoms with E-state index >= 15 is 0 Å². The summed E-state index contributed by atoms with van der Waals surface area (Å²) in [5.41, 5.74) is 1.59. The van der Waals surface area contributed by atoms with E-state index in [4.69, 9.17) is 9.84 Å². The van der Waals surface area contributed by atoms with Crippen LogP contribution in [0.5, 0.6) is 5.75 Å². The molecule has 2 heterocycles. The maximum atomic E-state index is 12.7. The molecule has 1 amide bonds. The number of aromatic carboxylic acids is 1. The zero-order valence-electron chi connectivity index (χ0n) is 14.2. The molecule has 2 aromatic rings. The molecule has 0 bridgehead atoms. The number of aryl methyl sites for hydroxylation is 1. The van der Waals surface area contributed by atoms with Crippen molar-refractivity contribution in [3.63, 3.8) is 0 Å². The van der Waals surface area contributed by atoms with Gasteiger partial charge in [-0.2, -0.15) is 0 Å². The van der Waals surface area contributed by atoms with Crippen LogP contribution in [0.15, 0.2) is 18.2 Å². The standard InChI is InChI=1S/C17H20N4O4/c1-10-3-4-12(9-13(10)25-2)16(22)21-7-5-11(6-8-21)14-18-15(17(23)24)20-19-14/h3-4,9,11H,5-8H2,1-2H3,(H,23,24)(H,18,19,20). The Labute approximate surface area is 144 Å². The van der Waals surface area contributed by atoms with Gasteiger partial charge in [0.25, 0.3) is 11.7 Å². The third-order valence-electron chi connectivity index (χ3n) is 4.52. The monoisotopic (exact) mass is 344 g/mol. The van der Waals surface area contributed by atoms with Crippen molar-refractivity contribution in [1.29, 1.82) is 0 Å². The topological polar surface area (TPSA) is 108 Å². The molecule has 1 aromatic heterocycles. The summed E-state index contributed by atoms with van der Waals surface area (Å²) in [5.74, 6) is -0.0495. The highest BCUT2D eigenvalue weighted by molar-refractivity contribution is 5.94. The molecule has 0 saturated carbocycles. The number of nitrogens with one attached hydrogen (secondary N) is 1. The van der Waals surface area contributed by atoms with E-state index in [-0.39, 0.29) is 17.6 Å². The highest BCUT2D eigenvalue weighted by atomic mass is 16.5. The number of hydrogen-bond acceptors (Lipinski definition) is 5. The summed E-state index contributed by atoms with van der Waals surface area (Å²) in [6, 6.07) is 5.45. The number of aromatic amines is 1. The van der Waals surface area contributed by atoms with Crippen molar-refractivity contribution in [1.82, 2.24) is 20.1 Å². The number of methoxy groups -OCH3 is 1. The van der Waals surface area contributed by atoms with Gasteiger partial charge in [0.2, 0.25) is 0 Å². The molecule has 132 valence electrons. The number of carboxylic acid groups (broad SMARTS) is 1. The van der Waals surface area contributed by atoms with Gasteiger partial charge in [0.05, 0.1) is 7.11 Å². The molecule has 0 aliphatic carbocycles. The molecule has 8 heteroatoms. The Hall–Kier alpha value is -2.90. The largest absolute Gasteiger partial charge is 0.496 e. The minimum Gasteiger partial charge on any atom is -0.496 e. The Morgan fingerprint density at radius 1 is 1.32 bits per heavy atom. The van der Waals surface area contributed by atoms with Crippen molar-refractivity contribution in [2.24, 2.45) is 0 Å². The van der Waals surface area contributed by atoms with Gasteiger partial charge >= 0.3 is 5.97 Å². The Morgan fingerprint density at radius 3 is 2.64 bits per heavy atom. The molecule has 1 aromatic carbocycles. The molecular formula is C17H20N4O4. The van der Waals surface area contributed by atoms with E-state index in [0.29, 0.717) is 43.1 Å². The van der Waals surface area contributed by atoms with Gasteiger partial charge in [0, 0.05) is 24.6 Å². The number of H-pyrrole nitrogens is 1. The number of benzene rings is 1. The second-order valence-electron chi connectivity index (χ2n) is 6.10. The third kappa shape index (κ3) is 3.47. The molecule has 2 N–H and O–H groups in total. The molecule has 0 spiro atoms. The predicted octanol–water partition coefficient (Wildman–Crippen LogP) is 1.84. The van der Waals surface area contributed by atoms with E-state index in [0.717, 1.165) is 5.56 Å². The Bertz CT molecular complexity index is 794. The second kappa shape index (κ2) is 6.92. The summed E-state index contributed by atoms with van der Waals surface area (Å²) in [6.07, 6.45) is 1.42. The van der Waals surface area contributed by atoms with Gasteiger partial charge in [-0.15, -0.1) is 5.10 Å². The van der Waals surface area contributed by atoms with Crippen LogP contribution in [0, 0.1) is 6.92 Å². The lowest BCUT2D eigenvalue weighted by atomic mass is 9.95. The molecule has 0 unspecified atom stereocenters. The van der Waals surface area contributed by atoms with Crippen LogP contribution in [-0.4, -0.2) is 57.3 Å². The van der Waals surface area contributed by atoms with Crippen molar-refractivity contribution in [3.05, 3.63) is 41.0 Å². The van der Waals surface area contributed by atoms with Crippen molar-refractivity contribution < 1.29 is 19.4 Å². The van der Waals surface area contributed by atoms with E-state index in [1.54, 1.807) is 18.1 Å². The van der Waals surface area contributed by atoms with Gasteiger partial charge in [-0.05, 0) is 37.5 Å². The molecule has 3 rings (SSSR count). The van der Waals surface area contributed by atoms with E-state index < -0.39 is 5.97 Å². The van der Waals surface area contributed by atoms with Crippen LogP contribution in [0.1, 0.15) is 51.1 Å². The number of carbonyl (C=O) groups excluding carboxylic acids is 1. The number of piperidine rings is 1. The normalized spacial score (nSPS) is 15.2. The average molecular weight is 344 g/mol. The lowest BCUT2D eigenvalue weighted by molar-refractivity contribution is 0.0683. The minimum atomic E-state index is -1.15. The summed E-state index contributed by atoms with van der Waals surface area (Å²) < 4.78 is 5.28. The van der Waals surface area contributed by atoms with Crippen molar-refractivity contribution in [2.75, 3.05) is 20.2 Å². The molecule has 25 heavy (non-hydrogen) atoms.